The van der Waals surface area contributed by atoms with Crippen LogP contribution in [0, 0.1) is 67.6 Å². The fourth-order valence-corrected chi connectivity index (χ4v) is 0. The van der Waals surface area contributed by atoms with Gasteiger partial charge in [0, 0.05) is 37.3 Å². The Morgan fingerprint density at radius 3 is 0.556 bits per heavy atom. The third-order valence-electron chi connectivity index (χ3n) is 0. The van der Waals surface area contributed by atoms with Crippen LogP contribution in [0.2, 0.25) is 0 Å². The first-order valence-corrected chi connectivity index (χ1v) is 1.70. The first-order chi connectivity index (χ1) is 5.20. The molecule has 0 aromatic heterocycles. The quantitative estimate of drug-likeness (QED) is 0.236. The van der Waals surface area contributed by atoms with Gasteiger partial charge in [-0.3, -0.25) is 0 Å². The summed E-state index contributed by atoms with van der Waals surface area (Å²) in [6.45, 7) is 0. The van der Waals surface area contributed by atoms with Crippen molar-refractivity contribution in [3.63, 3.8) is 0 Å². The molecule has 18 heavy (non-hydrogen) atoms. The van der Waals surface area contributed by atoms with Gasteiger partial charge >= 0.3 is 0 Å². The Kier molecular flexibility index (Phi) is 222. The van der Waals surface area contributed by atoms with E-state index in [0.29, 0.717) is 0 Å². The standard InChI is InChI=1S/Er.3HNO3.5H2O/c;3*2-1(3)4;;;;;/h;3*(H,2,3,4);5*1H2. The van der Waals surface area contributed by atoms with Crippen LogP contribution in [-0.4, -0.2) is 58.3 Å². The minimum Gasteiger partial charge on any atom is -0.412 e. The van der Waals surface area contributed by atoms with Gasteiger partial charge < -0.3 is 43.0 Å². The molecule has 0 aliphatic rings. The van der Waals surface area contributed by atoms with E-state index >= 15 is 0 Å². The van der Waals surface area contributed by atoms with Gasteiger partial charge in [-0.05, 0) is 0 Å². The molecule has 0 amide bonds. The molecule has 13 N–H and O–H groups in total. The van der Waals surface area contributed by atoms with E-state index in [-0.39, 0.29) is 64.7 Å². The van der Waals surface area contributed by atoms with E-state index in [0.717, 1.165) is 0 Å². The fourth-order valence-electron chi connectivity index (χ4n) is 0. The molecule has 18 heteroatoms. The minimum atomic E-state index is -1.50. The van der Waals surface area contributed by atoms with Gasteiger partial charge in [0.25, 0.3) is 15.3 Å². The zero-order valence-electron chi connectivity index (χ0n) is 7.92. The zero-order chi connectivity index (χ0) is 10.7. The second-order valence-corrected chi connectivity index (χ2v) is 0.714. The predicted octanol–water partition coefficient (Wildman–Crippen LogP) is -5.17. The molecule has 0 saturated carbocycles. The molecule has 0 atom stereocenters. The van der Waals surface area contributed by atoms with Gasteiger partial charge in [-0.2, -0.15) is 0 Å². The summed E-state index contributed by atoms with van der Waals surface area (Å²) in [4.78, 5) is 25.1. The molecule has 0 unspecified atom stereocenters. The number of nitrogens with zero attached hydrogens (tertiary/aromatic N) is 3. The van der Waals surface area contributed by atoms with Crippen molar-refractivity contribution in [1.82, 2.24) is 0 Å². The topological polar surface area (TPSA) is 348 Å². The van der Waals surface area contributed by atoms with Gasteiger partial charge in [0.2, 0.25) is 0 Å². The molecule has 0 aliphatic carbocycles. The van der Waals surface area contributed by atoms with E-state index in [1.807, 2.05) is 0 Å². The second-order valence-electron chi connectivity index (χ2n) is 0.714. The third kappa shape index (κ3) is 1490. The van der Waals surface area contributed by atoms with E-state index < -0.39 is 15.3 Å². The van der Waals surface area contributed by atoms with Gasteiger partial charge in [0.1, 0.15) is 0 Å². The Balaban J connectivity index is -0.00000000827. The van der Waals surface area contributed by atoms with Gasteiger partial charge in [-0.15, -0.1) is 30.3 Å². The Morgan fingerprint density at radius 1 is 0.556 bits per heavy atom. The van der Waals surface area contributed by atoms with Gasteiger partial charge in [-0.25, -0.2) is 0 Å². The van der Waals surface area contributed by atoms with Crippen LogP contribution in [0.4, 0.5) is 0 Å². The summed E-state index contributed by atoms with van der Waals surface area (Å²) in [7, 11) is 0. The Hall–Kier alpha value is -1.35. The van der Waals surface area contributed by atoms with Crippen molar-refractivity contribution >= 4 is 0 Å². The molecule has 0 bridgehead atoms. The normalized spacial score (nSPS) is 4.00. The van der Waals surface area contributed by atoms with Crippen LogP contribution in [0.15, 0.2) is 0 Å². The molecule has 0 rings (SSSR count). The van der Waals surface area contributed by atoms with Crippen LogP contribution >= 0.6 is 0 Å². The number of hydrogen-bond acceptors (Lipinski definition) is 6. The molecule has 0 aliphatic heterocycles. The molecule has 0 saturated heterocycles. The van der Waals surface area contributed by atoms with Crippen LogP contribution in [0.1, 0.15) is 0 Å². The van der Waals surface area contributed by atoms with E-state index in [4.69, 9.17) is 46.0 Å². The van der Waals surface area contributed by atoms with Gasteiger partial charge in [-0.1, -0.05) is 0 Å². The van der Waals surface area contributed by atoms with Crippen LogP contribution in [0.25, 0.3) is 0 Å². The maximum Gasteiger partial charge on any atom is 0.291 e. The second kappa shape index (κ2) is 57.4. The number of hydrogen-bond donors (Lipinski definition) is 3. The van der Waals surface area contributed by atoms with Crippen molar-refractivity contribution in [1.29, 1.82) is 0 Å². The van der Waals surface area contributed by atoms with E-state index in [9.17, 15) is 0 Å². The Morgan fingerprint density at radius 2 is 0.556 bits per heavy atom. The van der Waals surface area contributed by atoms with Crippen LogP contribution in [-0.2, 0) is 0 Å². The first kappa shape index (κ1) is 69.7. The monoisotopic (exact) mass is 445 g/mol. The Labute approximate surface area is 126 Å². The first-order valence-electron chi connectivity index (χ1n) is 1.70. The minimum absolute atomic E-state index is 0. The van der Waals surface area contributed by atoms with Crippen molar-refractivity contribution in [2.45, 2.75) is 0 Å². The summed E-state index contributed by atoms with van der Waals surface area (Å²) in [5, 5.41) is 40.9. The molecule has 0 fully saturated rings. The van der Waals surface area contributed by atoms with Crippen molar-refractivity contribution in [2.75, 3.05) is 0 Å². The van der Waals surface area contributed by atoms with Crippen LogP contribution in [0.3, 0.4) is 0 Å². The fraction of sp³-hybridized carbons (Fsp3) is 0. The largest absolute Gasteiger partial charge is 0.412 e. The smallest absolute Gasteiger partial charge is 0.291 e. The molecule has 0 spiro atoms. The average Bonchev–Trinajstić information content (AvgIpc) is 1.54. The van der Waals surface area contributed by atoms with Crippen molar-refractivity contribution in [3.05, 3.63) is 30.3 Å². The summed E-state index contributed by atoms with van der Waals surface area (Å²) < 4.78 is 0. The maximum absolute atomic E-state index is 8.36. The van der Waals surface area contributed by atoms with Gasteiger partial charge in [0.15, 0.2) is 0 Å². The van der Waals surface area contributed by atoms with Crippen molar-refractivity contribution < 1.29 is 95.6 Å². The summed E-state index contributed by atoms with van der Waals surface area (Å²) in [5.41, 5.74) is 0. The summed E-state index contributed by atoms with van der Waals surface area (Å²) in [5.74, 6) is 0. The van der Waals surface area contributed by atoms with Crippen LogP contribution in [0.5, 0.6) is 0 Å². The summed E-state index contributed by atoms with van der Waals surface area (Å²) in [6.07, 6.45) is 0. The zero-order valence-corrected chi connectivity index (χ0v) is 9.77. The van der Waals surface area contributed by atoms with E-state index in [1.54, 1.807) is 0 Å². The van der Waals surface area contributed by atoms with Crippen LogP contribution < -0.4 is 0 Å². The summed E-state index contributed by atoms with van der Waals surface area (Å²) >= 11 is 0. The molecule has 17 nitrogen and oxygen atoms in total. The van der Waals surface area contributed by atoms with Crippen molar-refractivity contribution in [2.24, 2.45) is 0 Å². The maximum atomic E-state index is 8.36. The SMILES string of the molecule is O.O.O.O.O.O=[N+]([O-])O.O=[N+]([O-])O.O=[N+]([O-])O.[Er]. The van der Waals surface area contributed by atoms with Crippen molar-refractivity contribution in [3.8, 4) is 0 Å². The molecule has 0 aromatic carbocycles. The molecule has 0 radical (unpaired) electrons. The molecule has 124 valence electrons. The molecular formula is H13ErN3O14. The van der Waals surface area contributed by atoms with E-state index in [2.05, 4.69) is 0 Å². The molecule has 0 aromatic rings. The Bertz CT molecular complexity index is 115. The third-order valence-corrected chi connectivity index (χ3v) is 0. The number of rotatable bonds is 0. The summed E-state index contributed by atoms with van der Waals surface area (Å²) in [6, 6.07) is 0. The van der Waals surface area contributed by atoms with Gasteiger partial charge in [0.05, 0.1) is 0 Å². The molecular weight excluding hydrogens is 433 g/mol. The average molecular weight is 446 g/mol. The van der Waals surface area contributed by atoms with E-state index in [1.165, 1.54) is 0 Å². The predicted molar refractivity (Wildman–Crippen MR) is 44.4 cm³/mol. The molecule has 0 heterocycles.